The number of nitrogens with one attached hydrogen (secondary N) is 1. The van der Waals surface area contributed by atoms with Gasteiger partial charge in [-0.05, 0) is 37.3 Å². The molecule has 1 N–H and O–H groups in total. The van der Waals surface area contributed by atoms with Crippen molar-refractivity contribution in [2.24, 2.45) is 5.92 Å². The molecule has 1 aliphatic rings. The summed E-state index contributed by atoms with van der Waals surface area (Å²) in [6.45, 7) is 3.20. The van der Waals surface area contributed by atoms with Crippen molar-refractivity contribution in [2.45, 2.75) is 51.6 Å². The maximum atomic E-state index is 6.15. The van der Waals surface area contributed by atoms with E-state index < -0.39 is 0 Å². The molecule has 1 saturated carbocycles. The van der Waals surface area contributed by atoms with Crippen molar-refractivity contribution in [3.05, 3.63) is 34.9 Å². The maximum Gasteiger partial charge on any atom is 0.0450 e. The van der Waals surface area contributed by atoms with Crippen LogP contribution >= 0.6 is 11.6 Å². The van der Waals surface area contributed by atoms with Crippen LogP contribution in [0.1, 0.15) is 44.6 Å². The van der Waals surface area contributed by atoms with Crippen LogP contribution in [0.2, 0.25) is 5.02 Å². The normalized spacial score (nSPS) is 19.2. The molecule has 2 rings (SSSR count). The van der Waals surface area contributed by atoms with Crippen LogP contribution in [-0.4, -0.2) is 6.04 Å². The Bertz CT molecular complexity index is 345. The quantitative estimate of drug-likeness (QED) is 0.837. The highest BCUT2D eigenvalue weighted by molar-refractivity contribution is 6.31. The molecule has 0 aromatic heterocycles. The van der Waals surface area contributed by atoms with E-state index in [4.69, 9.17) is 11.6 Å². The smallest absolute Gasteiger partial charge is 0.0450 e. The summed E-state index contributed by atoms with van der Waals surface area (Å²) in [6.07, 6.45) is 7.01. The van der Waals surface area contributed by atoms with Gasteiger partial charge in [-0.25, -0.2) is 0 Å². The average molecular weight is 252 g/mol. The average Bonchev–Trinajstić information content (AvgIpc) is 2.38. The highest BCUT2D eigenvalue weighted by atomic mass is 35.5. The molecule has 0 saturated heterocycles. The second-order valence-electron chi connectivity index (χ2n) is 5.16. The van der Waals surface area contributed by atoms with Crippen LogP contribution in [0.3, 0.4) is 0 Å². The molecule has 1 aliphatic carbocycles. The number of hydrogen-bond donors (Lipinski definition) is 1. The lowest BCUT2D eigenvalue weighted by atomic mass is 9.84. The zero-order valence-electron chi connectivity index (χ0n) is 10.6. The van der Waals surface area contributed by atoms with E-state index in [0.29, 0.717) is 6.04 Å². The van der Waals surface area contributed by atoms with E-state index in [1.807, 2.05) is 18.2 Å². The van der Waals surface area contributed by atoms with E-state index in [2.05, 4.69) is 18.3 Å². The number of benzene rings is 1. The summed E-state index contributed by atoms with van der Waals surface area (Å²) in [5.41, 5.74) is 1.21. The van der Waals surface area contributed by atoms with Crippen LogP contribution in [0, 0.1) is 5.92 Å². The van der Waals surface area contributed by atoms with E-state index in [1.165, 1.54) is 37.7 Å². The van der Waals surface area contributed by atoms with Crippen molar-refractivity contribution >= 4 is 11.6 Å². The van der Waals surface area contributed by atoms with Gasteiger partial charge >= 0.3 is 0 Å². The highest BCUT2D eigenvalue weighted by Crippen LogP contribution is 2.26. The fourth-order valence-electron chi connectivity index (χ4n) is 2.71. The third-order valence-electron chi connectivity index (χ3n) is 3.93. The van der Waals surface area contributed by atoms with Crippen LogP contribution in [0.25, 0.3) is 0 Å². The molecule has 1 aromatic carbocycles. The maximum absolute atomic E-state index is 6.15. The van der Waals surface area contributed by atoms with Gasteiger partial charge in [-0.15, -0.1) is 0 Å². The molecular formula is C15H22ClN. The van der Waals surface area contributed by atoms with E-state index in [-0.39, 0.29) is 0 Å². The summed E-state index contributed by atoms with van der Waals surface area (Å²) in [6, 6.07) is 8.70. The topological polar surface area (TPSA) is 12.0 Å². The molecule has 0 aliphatic heterocycles. The van der Waals surface area contributed by atoms with Gasteiger partial charge in [-0.3, -0.25) is 0 Å². The molecule has 1 nitrogen and oxygen atoms in total. The van der Waals surface area contributed by atoms with Crippen molar-refractivity contribution in [3.63, 3.8) is 0 Å². The van der Waals surface area contributed by atoms with Crippen molar-refractivity contribution in [3.8, 4) is 0 Å². The summed E-state index contributed by atoms with van der Waals surface area (Å²) in [7, 11) is 0. The Morgan fingerprint density at radius 3 is 2.65 bits per heavy atom. The van der Waals surface area contributed by atoms with Gasteiger partial charge in [0, 0.05) is 17.6 Å². The van der Waals surface area contributed by atoms with Gasteiger partial charge in [0.2, 0.25) is 0 Å². The van der Waals surface area contributed by atoms with Gasteiger partial charge in [0.05, 0.1) is 0 Å². The number of hydrogen-bond acceptors (Lipinski definition) is 1. The minimum Gasteiger partial charge on any atom is -0.310 e. The fourth-order valence-corrected chi connectivity index (χ4v) is 2.92. The van der Waals surface area contributed by atoms with E-state index in [1.54, 1.807) is 0 Å². The van der Waals surface area contributed by atoms with Crippen molar-refractivity contribution in [1.82, 2.24) is 5.32 Å². The molecule has 0 unspecified atom stereocenters. The molecule has 1 fully saturated rings. The molecule has 0 bridgehead atoms. The summed E-state index contributed by atoms with van der Waals surface area (Å²) >= 11 is 6.15. The van der Waals surface area contributed by atoms with Crippen LogP contribution < -0.4 is 5.32 Å². The van der Waals surface area contributed by atoms with Gasteiger partial charge in [-0.2, -0.15) is 0 Å². The predicted octanol–water partition coefficient (Wildman–Crippen LogP) is 4.40. The zero-order chi connectivity index (χ0) is 12.1. The second-order valence-corrected chi connectivity index (χ2v) is 5.57. The van der Waals surface area contributed by atoms with Gasteiger partial charge in [0.1, 0.15) is 0 Å². The van der Waals surface area contributed by atoms with Gasteiger partial charge in [0.25, 0.3) is 0 Å². The zero-order valence-corrected chi connectivity index (χ0v) is 11.3. The Morgan fingerprint density at radius 1 is 1.24 bits per heavy atom. The number of halogens is 1. The van der Waals surface area contributed by atoms with Crippen molar-refractivity contribution in [1.29, 1.82) is 0 Å². The molecule has 94 valence electrons. The van der Waals surface area contributed by atoms with Crippen molar-refractivity contribution in [2.75, 3.05) is 0 Å². The summed E-state index contributed by atoms with van der Waals surface area (Å²) in [4.78, 5) is 0. The van der Waals surface area contributed by atoms with Crippen molar-refractivity contribution < 1.29 is 0 Å². The van der Waals surface area contributed by atoms with Crippen LogP contribution in [0.4, 0.5) is 0 Å². The monoisotopic (exact) mass is 251 g/mol. The van der Waals surface area contributed by atoms with Gasteiger partial charge < -0.3 is 5.32 Å². The molecule has 2 heteroatoms. The summed E-state index contributed by atoms with van der Waals surface area (Å²) in [5, 5.41) is 4.50. The van der Waals surface area contributed by atoms with E-state index >= 15 is 0 Å². The minimum atomic E-state index is 0.603. The van der Waals surface area contributed by atoms with Gasteiger partial charge in [-0.1, -0.05) is 49.1 Å². The summed E-state index contributed by atoms with van der Waals surface area (Å²) < 4.78 is 0. The molecule has 0 heterocycles. The highest BCUT2D eigenvalue weighted by Gasteiger charge is 2.19. The first kappa shape index (κ1) is 12.9. The Hall–Kier alpha value is -0.530. The molecule has 0 spiro atoms. The lowest BCUT2D eigenvalue weighted by molar-refractivity contribution is 0.280. The van der Waals surface area contributed by atoms with Crippen LogP contribution in [0.15, 0.2) is 24.3 Å². The predicted molar refractivity (Wildman–Crippen MR) is 74.3 cm³/mol. The Morgan fingerprint density at radius 2 is 1.94 bits per heavy atom. The molecule has 1 aromatic rings. The summed E-state index contributed by atoms with van der Waals surface area (Å²) in [5.74, 6) is 0.853. The first-order valence-electron chi connectivity index (χ1n) is 6.74. The second kappa shape index (κ2) is 6.42. The first-order chi connectivity index (χ1) is 8.27. The largest absolute Gasteiger partial charge is 0.310 e. The molecule has 0 amide bonds. The third-order valence-corrected chi connectivity index (χ3v) is 4.30. The minimum absolute atomic E-state index is 0.603. The Balaban J connectivity index is 1.83. The molecule has 0 radical (unpaired) electrons. The van der Waals surface area contributed by atoms with E-state index in [9.17, 15) is 0 Å². The lowest BCUT2D eigenvalue weighted by Gasteiger charge is -2.28. The molecule has 1 atom stereocenters. The molecule has 17 heavy (non-hydrogen) atoms. The Kier molecular flexibility index (Phi) is 4.87. The first-order valence-corrected chi connectivity index (χ1v) is 7.12. The van der Waals surface area contributed by atoms with Crippen LogP contribution in [0.5, 0.6) is 0 Å². The lowest BCUT2D eigenvalue weighted by Crippen LogP contribution is -2.34. The fraction of sp³-hybridized carbons (Fsp3) is 0.600. The van der Waals surface area contributed by atoms with E-state index in [0.717, 1.165) is 17.5 Å². The number of rotatable bonds is 4. The standard InChI is InChI=1S/C15H22ClN/c1-12(13-7-3-2-4-8-13)17-11-14-9-5-6-10-15(14)16/h5-6,9-10,12-13,17H,2-4,7-8,11H2,1H3/t12-/m0/s1. The SMILES string of the molecule is C[C@H](NCc1ccccc1Cl)C1CCCCC1. The Labute approximate surface area is 110 Å². The third kappa shape index (κ3) is 3.72. The van der Waals surface area contributed by atoms with Crippen LogP contribution in [-0.2, 0) is 6.54 Å². The van der Waals surface area contributed by atoms with Gasteiger partial charge in [0.15, 0.2) is 0 Å². The molecular weight excluding hydrogens is 230 g/mol.